The van der Waals surface area contributed by atoms with Crippen molar-refractivity contribution in [2.24, 2.45) is 0 Å². The number of amides is 1. The van der Waals surface area contributed by atoms with Gasteiger partial charge in [0, 0.05) is 19.1 Å². The number of aromatic nitrogens is 3. The minimum atomic E-state index is -0.163. The first-order chi connectivity index (χ1) is 7.16. The summed E-state index contributed by atoms with van der Waals surface area (Å²) in [6.45, 7) is 5.62. The van der Waals surface area contributed by atoms with Crippen molar-refractivity contribution in [3.8, 4) is 0 Å². The van der Waals surface area contributed by atoms with Crippen LogP contribution in [0, 0.1) is 0 Å². The molecule has 2 N–H and O–H groups in total. The molecule has 0 radical (unpaired) electrons. The lowest BCUT2D eigenvalue weighted by atomic mass is 10.2. The van der Waals surface area contributed by atoms with Crippen LogP contribution in [0.2, 0.25) is 0 Å². The van der Waals surface area contributed by atoms with Gasteiger partial charge in [-0.2, -0.15) is 0 Å². The molecule has 82 valence electrons. The zero-order valence-electron chi connectivity index (χ0n) is 8.90. The fourth-order valence-electron chi connectivity index (χ4n) is 1.36. The lowest BCUT2D eigenvalue weighted by Gasteiger charge is -2.26. The smallest absolute Gasteiger partial charge is 0.273 e. The van der Waals surface area contributed by atoms with E-state index in [2.05, 4.69) is 20.9 Å². The molecule has 1 saturated heterocycles. The van der Waals surface area contributed by atoms with Gasteiger partial charge in [-0.05, 0) is 13.8 Å². The van der Waals surface area contributed by atoms with Crippen molar-refractivity contribution in [2.75, 3.05) is 13.1 Å². The summed E-state index contributed by atoms with van der Waals surface area (Å²) in [4.78, 5) is 11.6. The SMILES string of the molecule is CC(C)NC(=O)c1cn(C2CNC2)nn1. The van der Waals surface area contributed by atoms with Gasteiger partial charge in [-0.15, -0.1) is 5.10 Å². The second-order valence-corrected chi connectivity index (χ2v) is 4.02. The summed E-state index contributed by atoms with van der Waals surface area (Å²) in [5, 5.41) is 13.7. The summed E-state index contributed by atoms with van der Waals surface area (Å²) in [5.74, 6) is -0.163. The summed E-state index contributed by atoms with van der Waals surface area (Å²) < 4.78 is 1.74. The van der Waals surface area contributed by atoms with Crippen molar-refractivity contribution in [3.05, 3.63) is 11.9 Å². The molecule has 1 aliphatic rings. The van der Waals surface area contributed by atoms with Crippen molar-refractivity contribution in [2.45, 2.75) is 25.9 Å². The highest BCUT2D eigenvalue weighted by Crippen LogP contribution is 2.09. The molecule has 0 saturated carbocycles. The molecule has 6 heteroatoms. The Morgan fingerprint density at radius 2 is 2.40 bits per heavy atom. The van der Waals surface area contributed by atoms with Gasteiger partial charge in [0.05, 0.1) is 12.2 Å². The summed E-state index contributed by atoms with van der Waals surface area (Å²) in [5.41, 5.74) is 0.385. The molecule has 15 heavy (non-hydrogen) atoms. The quantitative estimate of drug-likeness (QED) is 0.708. The van der Waals surface area contributed by atoms with Crippen LogP contribution in [-0.4, -0.2) is 40.0 Å². The minimum Gasteiger partial charge on any atom is -0.348 e. The maximum atomic E-state index is 11.6. The van der Waals surface area contributed by atoms with Gasteiger partial charge in [-0.25, -0.2) is 4.68 Å². The molecule has 0 aliphatic carbocycles. The number of nitrogens with one attached hydrogen (secondary N) is 2. The van der Waals surface area contributed by atoms with E-state index in [1.165, 1.54) is 0 Å². The molecule has 2 rings (SSSR count). The normalized spacial score (nSPS) is 16.5. The molecular weight excluding hydrogens is 194 g/mol. The van der Waals surface area contributed by atoms with E-state index in [0.29, 0.717) is 11.7 Å². The number of carbonyl (C=O) groups is 1. The first kappa shape index (κ1) is 10.1. The predicted octanol–water partition coefficient (Wildman–Crippen LogP) is -0.439. The molecular formula is C9H15N5O. The standard InChI is InChI=1S/C9H15N5O/c1-6(2)11-9(15)8-5-14(13-12-8)7-3-10-4-7/h5-7,10H,3-4H2,1-2H3,(H,11,15). The molecule has 1 fully saturated rings. The van der Waals surface area contributed by atoms with Crippen LogP contribution in [0.4, 0.5) is 0 Å². The van der Waals surface area contributed by atoms with Gasteiger partial charge in [-0.3, -0.25) is 4.79 Å². The summed E-state index contributed by atoms with van der Waals surface area (Å²) in [7, 11) is 0. The van der Waals surface area contributed by atoms with Crippen LogP contribution in [-0.2, 0) is 0 Å². The molecule has 0 bridgehead atoms. The first-order valence-corrected chi connectivity index (χ1v) is 5.10. The Bertz CT molecular complexity index is 355. The van der Waals surface area contributed by atoms with E-state index in [0.717, 1.165) is 13.1 Å². The largest absolute Gasteiger partial charge is 0.348 e. The zero-order valence-corrected chi connectivity index (χ0v) is 8.90. The van der Waals surface area contributed by atoms with Gasteiger partial charge in [0.15, 0.2) is 5.69 Å². The van der Waals surface area contributed by atoms with E-state index < -0.39 is 0 Å². The van der Waals surface area contributed by atoms with E-state index in [1.807, 2.05) is 13.8 Å². The molecule has 1 aliphatic heterocycles. The van der Waals surface area contributed by atoms with E-state index in [9.17, 15) is 4.79 Å². The molecule has 0 atom stereocenters. The monoisotopic (exact) mass is 209 g/mol. The van der Waals surface area contributed by atoms with Gasteiger partial charge in [0.25, 0.3) is 5.91 Å². The maximum Gasteiger partial charge on any atom is 0.273 e. The third kappa shape index (κ3) is 2.15. The number of hydrogen-bond donors (Lipinski definition) is 2. The number of rotatable bonds is 3. The van der Waals surface area contributed by atoms with Gasteiger partial charge in [0.1, 0.15) is 0 Å². The summed E-state index contributed by atoms with van der Waals surface area (Å²) in [6, 6.07) is 0.464. The maximum absolute atomic E-state index is 11.6. The fourth-order valence-corrected chi connectivity index (χ4v) is 1.36. The lowest BCUT2D eigenvalue weighted by molar-refractivity contribution is 0.0938. The van der Waals surface area contributed by atoms with Crippen molar-refractivity contribution in [1.82, 2.24) is 25.6 Å². The number of nitrogens with zero attached hydrogens (tertiary/aromatic N) is 3. The van der Waals surface area contributed by atoms with E-state index in [4.69, 9.17) is 0 Å². The Kier molecular flexibility index (Phi) is 2.68. The van der Waals surface area contributed by atoms with E-state index in [-0.39, 0.29) is 11.9 Å². The van der Waals surface area contributed by atoms with Crippen LogP contribution in [0.3, 0.4) is 0 Å². The van der Waals surface area contributed by atoms with Crippen molar-refractivity contribution >= 4 is 5.91 Å². The van der Waals surface area contributed by atoms with Crippen LogP contribution in [0.15, 0.2) is 6.20 Å². The second kappa shape index (κ2) is 3.98. The lowest BCUT2D eigenvalue weighted by Crippen LogP contribution is -2.43. The van der Waals surface area contributed by atoms with Crippen molar-refractivity contribution in [3.63, 3.8) is 0 Å². The average molecular weight is 209 g/mol. The molecule has 1 aromatic rings. The van der Waals surface area contributed by atoms with Crippen LogP contribution < -0.4 is 10.6 Å². The van der Waals surface area contributed by atoms with Crippen molar-refractivity contribution < 1.29 is 4.79 Å². The molecule has 6 nitrogen and oxygen atoms in total. The van der Waals surface area contributed by atoms with E-state index >= 15 is 0 Å². The number of hydrogen-bond acceptors (Lipinski definition) is 4. The molecule has 0 aromatic carbocycles. The summed E-state index contributed by atoms with van der Waals surface area (Å²) in [6.07, 6.45) is 1.70. The Balaban J connectivity index is 2.02. The molecule has 2 heterocycles. The number of carbonyl (C=O) groups excluding carboxylic acids is 1. The topological polar surface area (TPSA) is 71.8 Å². The Morgan fingerprint density at radius 3 is 2.93 bits per heavy atom. The van der Waals surface area contributed by atoms with Crippen LogP contribution in [0.5, 0.6) is 0 Å². The molecule has 0 unspecified atom stereocenters. The van der Waals surface area contributed by atoms with Gasteiger partial charge < -0.3 is 10.6 Å². The first-order valence-electron chi connectivity index (χ1n) is 5.10. The van der Waals surface area contributed by atoms with Crippen LogP contribution in [0.1, 0.15) is 30.4 Å². The Morgan fingerprint density at radius 1 is 1.67 bits per heavy atom. The van der Waals surface area contributed by atoms with Gasteiger partial charge in [0.2, 0.25) is 0 Å². The van der Waals surface area contributed by atoms with E-state index in [1.54, 1.807) is 10.9 Å². The Hall–Kier alpha value is -1.43. The van der Waals surface area contributed by atoms with Crippen LogP contribution >= 0.6 is 0 Å². The second-order valence-electron chi connectivity index (χ2n) is 4.02. The van der Waals surface area contributed by atoms with Crippen molar-refractivity contribution in [1.29, 1.82) is 0 Å². The molecule has 0 spiro atoms. The predicted molar refractivity (Wildman–Crippen MR) is 54.5 cm³/mol. The average Bonchev–Trinajstić information content (AvgIpc) is 2.48. The minimum absolute atomic E-state index is 0.119. The molecule has 1 aromatic heterocycles. The summed E-state index contributed by atoms with van der Waals surface area (Å²) >= 11 is 0. The highest BCUT2D eigenvalue weighted by molar-refractivity contribution is 5.91. The fraction of sp³-hybridized carbons (Fsp3) is 0.667. The van der Waals surface area contributed by atoms with Gasteiger partial charge >= 0.3 is 0 Å². The highest BCUT2D eigenvalue weighted by atomic mass is 16.2. The third-order valence-corrected chi connectivity index (χ3v) is 2.30. The Labute approximate surface area is 88.0 Å². The highest BCUT2D eigenvalue weighted by Gasteiger charge is 2.21. The van der Waals surface area contributed by atoms with Gasteiger partial charge in [-0.1, -0.05) is 5.21 Å². The zero-order chi connectivity index (χ0) is 10.8. The van der Waals surface area contributed by atoms with Crippen LogP contribution in [0.25, 0.3) is 0 Å². The third-order valence-electron chi connectivity index (χ3n) is 2.30. The molecule has 1 amide bonds.